The van der Waals surface area contributed by atoms with Crippen LogP contribution >= 0.6 is 0 Å². The molecular formula is C27H30N2O6. The van der Waals surface area contributed by atoms with Crippen LogP contribution in [0.2, 0.25) is 0 Å². The summed E-state index contributed by atoms with van der Waals surface area (Å²) in [6, 6.07) is 11.9. The molecule has 1 amide bonds. The molecule has 2 aromatic rings. The van der Waals surface area contributed by atoms with Gasteiger partial charge in [-0.15, -0.1) is 0 Å². The van der Waals surface area contributed by atoms with Crippen molar-refractivity contribution >= 4 is 23.1 Å². The van der Waals surface area contributed by atoms with E-state index in [-0.39, 0.29) is 24.0 Å². The van der Waals surface area contributed by atoms with Gasteiger partial charge in [0.1, 0.15) is 23.9 Å². The third kappa shape index (κ3) is 4.34. The van der Waals surface area contributed by atoms with E-state index in [2.05, 4.69) is 0 Å². The van der Waals surface area contributed by atoms with E-state index >= 15 is 0 Å². The summed E-state index contributed by atoms with van der Waals surface area (Å²) in [5, 5.41) is 11.4. The fourth-order valence-electron chi connectivity index (χ4n) is 5.02. The number of likely N-dealkylation sites (N-methyl/N-ethyl adjacent to an activating group) is 1. The molecule has 2 fully saturated rings. The van der Waals surface area contributed by atoms with Crippen molar-refractivity contribution in [2.45, 2.75) is 31.9 Å². The number of nitrogens with zero attached hydrogens (tertiary/aromatic N) is 2. The predicted molar refractivity (Wildman–Crippen MR) is 131 cm³/mol. The molecule has 2 atom stereocenters. The Labute approximate surface area is 204 Å². The third-order valence-corrected chi connectivity index (χ3v) is 6.78. The highest BCUT2D eigenvalue weighted by atomic mass is 16.5. The van der Waals surface area contributed by atoms with Crippen LogP contribution in [-0.2, 0) is 14.3 Å². The van der Waals surface area contributed by atoms with Crippen molar-refractivity contribution < 1.29 is 28.9 Å². The first-order valence-corrected chi connectivity index (χ1v) is 12.1. The normalized spacial score (nSPS) is 23.4. The molecule has 0 aromatic heterocycles. The van der Waals surface area contributed by atoms with Gasteiger partial charge in [0.15, 0.2) is 0 Å². The van der Waals surface area contributed by atoms with Gasteiger partial charge in [-0.3, -0.25) is 9.59 Å². The van der Waals surface area contributed by atoms with Gasteiger partial charge in [-0.05, 0) is 55.7 Å². The summed E-state index contributed by atoms with van der Waals surface area (Å²) in [6.45, 7) is 4.61. The number of benzene rings is 2. The minimum atomic E-state index is -0.746. The van der Waals surface area contributed by atoms with E-state index in [0.717, 1.165) is 24.3 Å². The number of likely N-dealkylation sites (tertiary alicyclic amines) is 1. The first kappa shape index (κ1) is 23.2. The standard InChI is InChI=1S/C27H30N2O6/c1-3-33-19-7-4-6-17(14-19)24-23(26(31)27(32)29(24)16-20-8-5-12-34-20)25(30)18-9-10-22-21(15-18)28(2)11-13-35-22/h4,6-7,9-10,14-15,20,24,30H,3,5,8,11-13,16H2,1-2H3/b25-23-. The number of amides is 1. The molecule has 2 unspecified atom stereocenters. The lowest BCUT2D eigenvalue weighted by atomic mass is 9.94. The largest absolute Gasteiger partial charge is 0.507 e. The molecule has 8 nitrogen and oxygen atoms in total. The molecular weight excluding hydrogens is 448 g/mol. The maximum absolute atomic E-state index is 13.3. The number of anilines is 1. The molecule has 35 heavy (non-hydrogen) atoms. The van der Waals surface area contributed by atoms with E-state index in [0.29, 0.717) is 43.2 Å². The summed E-state index contributed by atoms with van der Waals surface area (Å²) in [4.78, 5) is 30.1. The molecule has 5 rings (SSSR count). The zero-order chi connectivity index (χ0) is 24.5. The van der Waals surface area contributed by atoms with Crippen molar-refractivity contribution in [3.63, 3.8) is 0 Å². The number of Topliss-reactive ketones (excluding diaryl/α,β-unsaturated/α-hetero) is 1. The maximum Gasteiger partial charge on any atom is 0.295 e. The second-order valence-electron chi connectivity index (χ2n) is 9.04. The SMILES string of the molecule is CCOc1cccc(C2/C(=C(/O)c3ccc4c(c3)N(C)CCO4)C(=O)C(=O)N2CC2CCCO2)c1. The molecule has 8 heteroatoms. The minimum absolute atomic E-state index is 0.0703. The quantitative estimate of drug-likeness (QED) is 0.386. The predicted octanol–water partition coefficient (Wildman–Crippen LogP) is 3.51. The number of carbonyl (C=O) groups is 2. The smallest absolute Gasteiger partial charge is 0.295 e. The van der Waals surface area contributed by atoms with Gasteiger partial charge in [-0.1, -0.05) is 12.1 Å². The lowest BCUT2D eigenvalue weighted by Gasteiger charge is -2.29. The van der Waals surface area contributed by atoms with Gasteiger partial charge in [-0.25, -0.2) is 0 Å². The Morgan fingerprint density at radius 3 is 2.80 bits per heavy atom. The number of ether oxygens (including phenoxy) is 3. The van der Waals surface area contributed by atoms with Gasteiger partial charge < -0.3 is 29.1 Å². The number of aliphatic hydroxyl groups is 1. The summed E-state index contributed by atoms with van der Waals surface area (Å²) in [5.74, 6) is -0.177. The van der Waals surface area contributed by atoms with Crippen LogP contribution in [0.3, 0.4) is 0 Å². The van der Waals surface area contributed by atoms with Gasteiger partial charge in [0.25, 0.3) is 11.7 Å². The first-order valence-electron chi connectivity index (χ1n) is 12.1. The zero-order valence-corrected chi connectivity index (χ0v) is 20.0. The monoisotopic (exact) mass is 478 g/mol. The van der Waals surface area contributed by atoms with Crippen LogP contribution in [0.1, 0.15) is 36.9 Å². The van der Waals surface area contributed by atoms with Crippen molar-refractivity contribution in [1.82, 2.24) is 4.90 Å². The molecule has 3 aliphatic heterocycles. The fraction of sp³-hybridized carbons (Fsp3) is 0.407. The highest BCUT2D eigenvalue weighted by molar-refractivity contribution is 6.46. The molecule has 184 valence electrons. The van der Waals surface area contributed by atoms with E-state index in [4.69, 9.17) is 14.2 Å². The molecule has 2 saturated heterocycles. The zero-order valence-electron chi connectivity index (χ0n) is 20.0. The Hall–Kier alpha value is -3.52. The molecule has 2 aromatic carbocycles. The van der Waals surface area contributed by atoms with E-state index in [1.807, 2.05) is 43.1 Å². The number of fused-ring (bicyclic) bond motifs is 1. The summed E-state index contributed by atoms with van der Waals surface area (Å²) in [5.41, 5.74) is 2.06. The van der Waals surface area contributed by atoms with Crippen LogP contribution < -0.4 is 14.4 Å². The Morgan fingerprint density at radius 1 is 1.17 bits per heavy atom. The second kappa shape index (κ2) is 9.62. The number of rotatable bonds is 6. The second-order valence-corrected chi connectivity index (χ2v) is 9.04. The molecule has 0 aliphatic carbocycles. The van der Waals surface area contributed by atoms with Crippen molar-refractivity contribution in [3.8, 4) is 11.5 Å². The van der Waals surface area contributed by atoms with Crippen LogP contribution in [0.25, 0.3) is 5.76 Å². The van der Waals surface area contributed by atoms with Gasteiger partial charge in [0.2, 0.25) is 0 Å². The van der Waals surface area contributed by atoms with Crippen molar-refractivity contribution in [2.75, 3.05) is 44.9 Å². The molecule has 3 heterocycles. The van der Waals surface area contributed by atoms with Crippen LogP contribution in [-0.4, -0.2) is 67.8 Å². The number of aliphatic hydroxyl groups excluding tert-OH is 1. The van der Waals surface area contributed by atoms with Gasteiger partial charge in [-0.2, -0.15) is 0 Å². The third-order valence-electron chi connectivity index (χ3n) is 6.78. The van der Waals surface area contributed by atoms with Gasteiger partial charge in [0, 0.05) is 25.8 Å². The van der Waals surface area contributed by atoms with E-state index in [1.165, 1.54) is 4.90 Å². The van der Waals surface area contributed by atoms with Gasteiger partial charge in [0.05, 0.1) is 36.6 Å². The topological polar surface area (TPSA) is 88.5 Å². The molecule has 0 radical (unpaired) electrons. The fourth-order valence-corrected chi connectivity index (χ4v) is 5.02. The van der Waals surface area contributed by atoms with E-state index in [1.54, 1.807) is 18.2 Å². The Kier molecular flexibility index (Phi) is 6.38. The van der Waals surface area contributed by atoms with Gasteiger partial charge >= 0.3 is 0 Å². The first-order chi connectivity index (χ1) is 17.0. The summed E-state index contributed by atoms with van der Waals surface area (Å²) in [6.07, 6.45) is 1.61. The Bertz CT molecular complexity index is 1170. The number of carbonyl (C=O) groups excluding carboxylic acids is 2. The van der Waals surface area contributed by atoms with E-state index in [9.17, 15) is 14.7 Å². The van der Waals surface area contributed by atoms with Crippen LogP contribution in [0, 0.1) is 0 Å². The Balaban J connectivity index is 1.61. The molecule has 0 bridgehead atoms. The van der Waals surface area contributed by atoms with Crippen LogP contribution in [0.5, 0.6) is 11.5 Å². The lowest BCUT2D eigenvalue weighted by molar-refractivity contribution is -0.140. The molecule has 3 aliphatic rings. The number of ketones is 1. The summed E-state index contributed by atoms with van der Waals surface area (Å²) in [7, 11) is 1.95. The van der Waals surface area contributed by atoms with Crippen molar-refractivity contribution in [2.24, 2.45) is 0 Å². The highest BCUT2D eigenvalue weighted by Crippen LogP contribution is 2.42. The molecule has 0 spiro atoms. The van der Waals surface area contributed by atoms with Crippen molar-refractivity contribution in [3.05, 3.63) is 59.2 Å². The van der Waals surface area contributed by atoms with E-state index < -0.39 is 17.7 Å². The number of hydrogen-bond acceptors (Lipinski definition) is 7. The number of hydrogen-bond donors (Lipinski definition) is 1. The molecule has 0 saturated carbocycles. The average molecular weight is 479 g/mol. The van der Waals surface area contributed by atoms with Crippen LogP contribution in [0.4, 0.5) is 5.69 Å². The minimum Gasteiger partial charge on any atom is -0.507 e. The maximum atomic E-state index is 13.3. The summed E-state index contributed by atoms with van der Waals surface area (Å²) >= 11 is 0. The lowest BCUT2D eigenvalue weighted by Crippen LogP contribution is -2.36. The molecule has 1 N–H and O–H groups in total. The van der Waals surface area contributed by atoms with Crippen molar-refractivity contribution in [1.29, 1.82) is 0 Å². The van der Waals surface area contributed by atoms with Crippen LogP contribution in [0.15, 0.2) is 48.0 Å². The average Bonchev–Trinajstić information content (AvgIpc) is 3.46. The highest BCUT2D eigenvalue weighted by Gasteiger charge is 2.47. The summed E-state index contributed by atoms with van der Waals surface area (Å²) < 4.78 is 17.2. The Morgan fingerprint density at radius 2 is 2.03 bits per heavy atom.